The van der Waals surface area contributed by atoms with Crippen molar-refractivity contribution in [1.29, 1.82) is 0 Å². The summed E-state index contributed by atoms with van der Waals surface area (Å²) in [5.74, 6) is 0.659. The van der Waals surface area contributed by atoms with Crippen LogP contribution in [0.15, 0.2) is 78.9 Å². The second-order valence-electron chi connectivity index (χ2n) is 9.27. The highest BCUT2D eigenvalue weighted by atomic mass is 16.3. The summed E-state index contributed by atoms with van der Waals surface area (Å²) in [7, 11) is 0. The molecule has 6 heteroatoms. The minimum Gasteiger partial charge on any atom is -0.396 e. The highest BCUT2D eigenvalue weighted by molar-refractivity contribution is 5.77. The molecule has 2 heterocycles. The van der Waals surface area contributed by atoms with Gasteiger partial charge in [-0.2, -0.15) is 0 Å². The fourth-order valence-corrected chi connectivity index (χ4v) is 5.25. The first-order valence-corrected chi connectivity index (χ1v) is 12.5. The van der Waals surface area contributed by atoms with Gasteiger partial charge in [0, 0.05) is 45.9 Å². The molecule has 1 aliphatic heterocycles. The monoisotopic (exact) mass is 470 g/mol. The Morgan fingerprint density at radius 2 is 1.46 bits per heavy atom. The Labute approximate surface area is 207 Å². The van der Waals surface area contributed by atoms with E-state index in [1.807, 2.05) is 4.57 Å². The smallest absolute Gasteiger partial charge is 0.135 e. The largest absolute Gasteiger partial charge is 0.396 e. The fraction of sp³-hybridized carbons (Fsp3) is 0.345. The number of rotatable bonds is 9. The van der Waals surface area contributed by atoms with Crippen LogP contribution in [0.5, 0.6) is 0 Å². The van der Waals surface area contributed by atoms with Gasteiger partial charge in [-0.3, -0.25) is 9.80 Å². The van der Waals surface area contributed by atoms with Crippen molar-refractivity contribution in [2.45, 2.75) is 32.2 Å². The number of aryl methyl sites for hydroxylation is 1. The summed E-state index contributed by atoms with van der Waals surface area (Å²) in [4.78, 5) is 9.76. The van der Waals surface area contributed by atoms with Gasteiger partial charge in [0.2, 0.25) is 0 Å². The molecule has 4 aromatic rings. The van der Waals surface area contributed by atoms with Gasteiger partial charge in [0.25, 0.3) is 0 Å². The predicted octanol–water partition coefficient (Wildman–Crippen LogP) is 3.82. The number of hydrogen-bond donors (Lipinski definition) is 2. The summed E-state index contributed by atoms with van der Waals surface area (Å²) in [6.07, 6.45) is 0.650. The molecule has 1 fully saturated rings. The minimum atomic E-state index is -0.0958. The molecule has 35 heavy (non-hydrogen) atoms. The standard InChI is InChI=1S/C29H34N4O2/c34-19-7-14-33-27-13-12-23(20-26(27)30-28(33)22-35)21-31-15-17-32(18-16-31)29(24-8-3-1-4-9-24)25-10-5-2-6-11-25/h1-6,8-13,20,29,34-35H,7,14-19,21-22H2. The van der Waals surface area contributed by atoms with Gasteiger partial charge >= 0.3 is 0 Å². The molecule has 0 atom stereocenters. The number of benzene rings is 3. The third-order valence-electron chi connectivity index (χ3n) is 6.98. The zero-order valence-corrected chi connectivity index (χ0v) is 20.1. The number of fused-ring (bicyclic) bond motifs is 1. The lowest BCUT2D eigenvalue weighted by atomic mass is 9.96. The van der Waals surface area contributed by atoms with Crippen LogP contribution < -0.4 is 0 Å². The van der Waals surface area contributed by atoms with E-state index < -0.39 is 0 Å². The van der Waals surface area contributed by atoms with Gasteiger partial charge in [0.1, 0.15) is 12.4 Å². The summed E-state index contributed by atoms with van der Waals surface area (Å²) < 4.78 is 2.02. The Bertz CT molecular complexity index is 1180. The number of nitrogens with zero attached hydrogens (tertiary/aromatic N) is 4. The normalized spacial score (nSPS) is 15.3. The zero-order chi connectivity index (χ0) is 24.0. The van der Waals surface area contributed by atoms with E-state index >= 15 is 0 Å². The van der Waals surface area contributed by atoms with E-state index in [1.165, 1.54) is 16.7 Å². The minimum absolute atomic E-state index is 0.0958. The lowest BCUT2D eigenvalue weighted by Crippen LogP contribution is -2.47. The maximum atomic E-state index is 9.72. The molecule has 1 aromatic heterocycles. The number of hydrogen-bond acceptors (Lipinski definition) is 5. The van der Waals surface area contributed by atoms with Gasteiger partial charge < -0.3 is 14.8 Å². The third kappa shape index (κ3) is 5.31. The van der Waals surface area contributed by atoms with Gasteiger partial charge in [-0.25, -0.2) is 4.98 Å². The number of piperazine rings is 1. The van der Waals surface area contributed by atoms with Crippen LogP contribution in [0, 0.1) is 0 Å². The Hall–Kier alpha value is -3.03. The Kier molecular flexibility index (Phi) is 7.54. The highest BCUT2D eigenvalue weighted by Gasteiger charge is 2.26. The van der Waals surface area contributed by atoms with Crippen molar-refractivity contribution < 1.29 is 10.2 Å². The van der Waals surface area contributed by atoms with Gasteiger partial charge in [-0.05, 0) is 35.2 Å². The SMILES string of the molecule is OCCCn1c(CO)nc2cc(CN3CCN(C(c4ccccc4)c4ccccc4)CC3)ccc21. The molecule has 0 aliphatic carbocycles. The molecule has 0 spiro atoms. The van der Waals surface area contributed by atoms with Crippen LogP contribution in [0.4, 0.5) is 0 Å². The van der Waals surface area contributed by atoms with E-state index in [-0.39, 0.29) is 19.3 Å². The van der Waals surface area contributed by atoms with Crippen molar-refractivity contribution >= 4 is 11.0 Å². The van der Waals surface area contributed by atoms with Crippen LogP contribution in [0.2, 0.25) is 0 Å². The Morgan fingerprint density at radius 3 is 2.06 bits per heavy atom. The first-order chi connectivity index (χ1) is 17.3. The van der Waals surface area contributed by atoms with Gasteiger partial charge in [-0.15, -0.1) is 0 Å². The molecule has 0 bridgehead atoms. The summed E-state index contributed by atoms with van der Waals surface area (Å²) >= 11 is 0. The molecule has 182 valence electrons. The first kappa shape index (κ1) is 23.7. The van der Waals surface area contributed by atoms with Crippen molar-refractivity contribution in [3.05, 3.63) is 101 Å². The van der Waals surface area contributed by atoms with E-state index in [9.17, 15) is 10.2 Å². The second-order valence-corrected chi connectivity index (χ2v) is 9.27. The summed E-state index contributed by atoms with van der Waals surface area (Å²) in [5.41, 5.74) is 5.86. The molecule has 5 rings (SSSR count). The van der Waals surface area contributed by atoms with E-state index in [0.717, 1.165) is 43.8 Å². The van der Waals surface area contributed by atoms with Crippen molar-refractivity contribution in [1.82, 2.24) is 19.4 Å². The van der Waals surface area contributed by atoms with Crippen molar-refractivity contribution in [2.75, 3.05) is 32.8 Å². The third-order valence-corrected chi connectivity index (χ3v) is 6.98. The van der Waals surface area contributed by atoms with Gasteiger partial charge in [0.15, 0.2) is 0 Å². The van der Waals surface area contributed by atoms with Crippen LogP contribution in [0.3, 0.4) is 0 Å². The van der Waals surface area contributed by atoms with E-state index in [2.05, 4.69) is 93.6 Å². The molecule has 0 unspecified atom stereocenters. The summed E-state index contributed by atoms with van der Waals surface area (Å²) in [6.45, 7) is 5.65. The molecule has 2 N–H and O–H groups in total. The first-order valence-electron chi connectivity index (χ1n) is 12.5. The van der Waals surface area contributed by atoms with Crippen LogP contribution in [-0.2, 0) is 19.7 Å². The fourth-order valence-electron chi connectivity index (χ4n) is 5.25. The average molecular weight is 471 g/mol. The van der Waals surface area contributed by atoms with Gasteiger partial charge in [-0.1, -0.05) is 66.7 Å². The van der Waals surface area contributed by atoms with E-state index in [0.29, 0.717) is 18.8 Å². The number of imidazole rings is 1. The summed E-state index contributed by atoms with van der Waals surface area (Å²) in [6, 6.07) is 28.3. The van der Waals surface area contributed by atoms with E-state index in [4.69, 9.17) is 0 Å². The molecule has 1 aliphatic rings. The quantitative estimate of drug-likeness (QED) is 0.389. The lowest BCUT2D eigenvalue weighted by Gasteiger charge is -2.39. The molecule has 0 amide bonds. The molecule has 0 radical (unpaired) electrons. The summed E-state index contributed by atoms with van der Waals surface area (Å²) in [5, 5.41) is 18.9. The predicted molar refractivity (Wildman–Crippen MR) is 139 cm³/mol. The van der Waals surface area contributed by atoms with E-state index in [1.54, 1.807) is 0 Å². The number of aromatic nitrogens is 2. The molecule has 0 saturated carbocycles. The van der Waals surface area contributed by atoms with Crippen LogP contribution in [0.1, 0.15) is 35.0 Å². The maximum Gasteiger partial charge on any atom is 0.135 e. The lowest BCUT2D eigenvalue weighted by molar-refractivity contribution is 0.105. The van der Waals surface area contributed by atoms with Gasteiger partial charge in [0.05, 0.1) is 17.1 Å². The Balaban J connectivity index is 1.28. The number of aliphatic hydroxyl groups excluding tert-OH is 2. The van der Waals surface area contributed by atoms with Crippen molar-refractivity contribution in [3.63, 3.8) is 0 Å². The molecule has 3 aromatic carbocycles. The van der Waals surface area contributed by atoms with Crippen molar-refractivity contribution in [2.24, 2.45) is 0 Å². The van der Waals surface area contributed by atoms with Crippen LogP contribution >= 0.6 is 0 Å². The second kappa shape index (κ2) is 11.1. The topological polar surface area (TPSA) is 64.8 Å². The van der Waals surface area contributed by atoms with Crippen LogP contribution in [0.25, 0.3) is 11.0 Å². The molecular weight excluding hydrogens is 436 g/mol. The zero-order valence-electron chi connectivity index (χ0n) is 20.1. The average Bonchev–Trinajstić information content (AvgIpc) is 3.26. The molecule has 6 nitrogen and oxygen atoms in total. The number of aliphatic hydroxyl groups is 2. The molecular formula is C29H34N4O2. The van der Waals surface area contributed by atoms with Crippen molar-refractivity contribution in [3.8, 4) is 0 Å². The Morgan fingerprint density at radius 1 is 0.800 bits per heavy atom. The van der Waals surface area contributed by atoms with Crippen LogP contribution in [-0.4, -0.2) is 62.3 Å². The highest BCUT2D eigenvalue weighted by Crippen LogP contribution is 2.30. The maximum absolute atomic E-state index is 9.72. The molecule has 1 saturated heterocycles.